The second-order valence-electron chi connectivity index (χ2n) is 4.23. The van der Waals surface area contributed by atoms with Crippen molar-refractivity contribution in [2.75, 3.05) is 12.0 Å². The summed E-state index contributed by atoms with van der Waals surface area (Å²) in [5, 5.41) is 0. The molecule has 1 rings (SSSR count). The van der Waals surface area contributed by atoms with Crippen LogP contribution in [0, 0.1) is 0 Å². The van der Waals surface area contributed by atoms with Crippen LogP contribution < -0.4 is 5.73 Å². The number of nitrogens with two attached hydrogens (primary N) is 1. The molecule has 0 aliphatic rings. The molecule has 0 saturated carbocycles. The molecular formula is C11H15NO3S. The van der Waals surface area contributed by atoms with Crippen molar-refractivity contribution >= 4 is 21.3 Å². The standard InChI is InChI=1S/C11H15NO3S/c1-11(2,16(3,14)15)10(13)8-4-6-9(12)7-5-8/h4-7H,12H2,1-3H3. The van der Waals surface area contributed by atoms with Gasteiger partial charge in [0.25, 0.3) is 0 Å². The average molecular weight is 241 g/mol. The Labute approximate surface area is 95.4 Å². The van der Waals surface area contributed by atoms with Gasteiger partial charge >= 0.3 is 0 Å². The number of rotatable bonds is 3. The minimum Gasteiger partial charge on any atom is -0.399 e. The minimum atomic E-state index is -3.44. The predicted molar refractivity (Wildman–Crippen MR) is 64.1 cm³/mol. The van der Waals surface area contributed by atoms with Crippen LogP contribution in [0.1, 0.15) is 24.2 Å². The quantitative estimate of drug-likeness (QED) is 0.638. The number of carbonyl (C=O) groups excluding carboxylic acids is 1. The van der Waals surface area contributed by atoms with E-state index >= 15 is 0 Å². The fourth-order valence-corrected chi connectivity index (χ4v) is 1.61. The Kier molecular flexibility index (Phi) is 3.10. The van der Waals surface area contributed by atoms with Gasteiger partial charge in [-0.05, 0) is 38.1 Å². The number of hydrogen-bond donors (Lipinski definition) is 1. The molecule has 0 aliphatic carbocycles. The second-order valence-corrected chi connectivity index (χ2v) is 6.80. The number of nitrogen functional groups attached to an aromatic ring is 1. The third-order valence-electron chi connectivity index (χ3n) is 2.65. The van der Waals surface area contributed by atoms with E-state index in [1.54, 1.807) is 12.1 Å². The van der Waals surface area contributed by atoms with Gasteiger partial charge in [-0.25, -0.2) is 8.42 Å². The number of carbonyl (C=O) groups is 1. The Bertz CT molecular complexity index is 501. The molecule has 0 spiro atoms. The average Bonchev–Trinajstić information content (AvgIpc) is 2.16. The predicted octanol–water partition coefficient (Wildman–Crippen LogP) is 1.27. The van der Waals surface area contributed by atoms with Gasteiger partial charge in [0.2, 0.25) is 0 Å². The van der Waals surface area contributed by atoms with Gasteiger partial charge in [0.15, 0.2) is 15.6 Å². The summed E-state index contributed by atoms with van der Waals surface area (Å²) in [7, 11) is -3.44. The molecule has 0 aliphatic heterocycles. The SMILES string of the molecule is CC(C)(C(=O)c1ccc(N)cc1)S(C)(=O)=O. The Morgan fingerprint density at radius 1 is 1.19 bits per heavy atom. The van der Waals surface area contributed by atoms with E-state index < -0.39 is 20.4 Å². The number of anilines is 1. The van der Waals surface area contributed by atoms with Crippen molar-refractivity contribution in [2.24, 2.45) is 0 Å². The summed E-state index contributed by atoms with van der Waals surface area (Å²) in [6.07, 6.45) is 1.06. The van der Waals surface area contributed by atoms with Crippen LogP contribution in [-0.2, 0) is 9.84 Å². The molecule has 88 valence electrons. The maximum Gasteiger partial charge on any atom is 0.183 e. The van der Waals surface area contributed by atoms with E-state index in [2.05, 4.69) is 0 Å². The van der Waals surface area contributed by atoms with Gasteiger partial charge in [-0.2, -0.15) is 0 Å². The van der Waals surface area contributed by atoms with Gasteiger partial charge in [0.1, 0.15) is 4.75 Å². The molecule has 0 unspecified atom stereocenters. The van der Waals surface area contributed by atoms with E-state index in [0.29, 0.717) is 11.3 Å². The maximum atomic E-state index is 12.0. The van der Waals surface area contributed by atoms with Gasteiger partial charge in [-0.15, -0.1) is 0 Å². The lowest BCUT2D eigenvalue weighted by atomic mass is 10.0. The summed E-state index contributed by atoms with van der Waals surface area (Å²) in [5.41, 5.74) is 6.38. The fraction of sp³-hybridized carbons (Fsp3) is 0.364. The van der Waals surface area contributed by atoms with Gasteiger partial charge < -0.3 is 5.73 Å². The molecule has 0 bridgehead atoms. The normalized spacial score (nSPS) is 12.4. The van der Waals surface area contributed by atoms with E-state index in [0.717, 1.165) is 6.26 Å². The number of ketones is 1. The molecule has 1 aromatic rings. The van der Waals surface area contributed by atoms with Crippen LogP contribution in [0.15, 0.2) is 24.3 Å². The van der Waals surface area contributed by atoms with Crippen LogP contribution in [0.5, 0.6) is 0 Å². The first-order chi connectivity index (χ1) is 7.16. The molecule has 0 atom stereocenters. The van der Waals surface area contributed by atoms with Gasteiger partial charge in [-0.3, -0.25) is 4.79 Å². The molecule has 4 nitrogen and oxygen atoms in total. The van der Waals surface area contributed by atoms with Gasteiger partial charge in [0, 0.05) is 17.5 Å². The van der Waals surface area contributed by atoms with Crippen molar-refractivity contribution < 1.29 is 13.2 Å². The van der Waals surface area contributed by atoms with Crippen molar-refractivity contribution in [2.45, 2.75) is 18.6 Å². The highest BCUT2D eigenvalue weighted by molar-refractivity contribution is 7.92. The van der Waals surface area contributed by atoms with Crippen molar-refractivity contribution in [3.63, 3.8) is 0 Å². The van der Waals surface area contributed by atoms with Crippen LogP contribution in [0.4, 0.5) is 5.69 Å². The highest BCUT2D eigenvalue weighted by Gasteiger charge is 2.38. The lowest BCUT2D eigenvalue weighted by Gasteiger charge is -2.20. The van der Waals surface area contributed by atoms with E-state index in [1.165, 1.54) is 26.0 Å². The zero-order chi connectivity index (χ0) is 12.6. The van der Waals surface area contributed by atoms with Crippen LogP contribution in [-0.4, -0.2) is 25.2 Å². The molecule has 0 saturated heterocycles. The van der Waals surface area contributed by atoms with Gasteiger partial charge in [0.05, 0.1) is 0 Å². The van der Waals surface area contributed by atoms with Crippen LogP contribution in [0.3, 0.4) is 0 Å². The van der Waals surface area contributed by atoms with E-state index in [4.69, 9.17) is 5.73 Å². The number of sulfone groups is 1. The van der Waals surface area contributed by atoms with Crippen molar-refractivity contribution in [3.05, 3.63) is 29.8 Å². The summed E-state index contributed by atoms with van der Waals surface area (Å²) >= 11 is 0. The first-order valence-corrected chi connectivity index (χ1v) is 6.65. The molecular weight excluding hydrogens is 226 g/mol. The Hall–Kier alpha value is -1.36. The van der Waals surface area contributed by atoms with Crippen LogP contribution in [0.2, 0.25) is 0 Å². The van der Waals surface area contributed by atoms with Crippen molar-refractivity contribution in [3.8, 4) is 0 Å². The molecule has 0 amide bonds. The van der Waals surface area contributed by atoms with Crippen molar-refractivity contribution in [1.29, 1.82) is 0 Å². The molecule has 0 fully saturated rings. The number of hydrogen-bond acceptors (Lipinski definition) is 4. The molecule has 5 heteroatoms. The highest BCUT2D eigenvalue weighted by Crippen LogP contribution is 2.21. The summed E-state index contributed by atoms with van der Waals surface area (Å²) in [4.78, 5) is 12.0. The van der Waals surface area contributed by atoms with Crippen molar-refractivity contribution in [1.82, 2.24) is 0 Å². The first-order valence-electron chi connectivity index (χ1n) is 4.76. The zero-order valence-corrected chi connectivity index (χ0v) is 10.3. The Morgan fingerprint density at radius 3 is 2.00 bits per heavy atom. The van der Waals surface area contributed by atoms with Crippen LogP contribution >= 0.6 is 0 Å². The second kappa shape index (κ2) is 3.90. The fourth-order valence-electron chi connectivity index (χ4n) is 1.15. The third-order valence-corrected chi connectivity index (χ3v) is 4.69. The third kappa shape index (κ3) is 2.24. The molecule has 0 aromatic heterocycles. The number of Topliss-reactive ketones (excluding diaryl/α,β-unsaturated/α-hetero) is 1. The molecule has 1 aromatic carbocycles. The van der Waals surface area contributed by atoms with E-state index in [9.17, 15) is 13.2 Å². The largest absolute Gasteiger partial charge is 0.399 e. The minimum absolute atomic E-state index is 0.352. The maximum absolute atomic E-state index is 12.0. The molecule has 0 radical (unpaired) electrons. The zero-order valence-electron chi connectivity index (χ0n) is 9.52. The highest BCUT2D eigenvalue weighted by atomic mass is 32.2. The topological polar surface area (TPSA) is 77.2 Å². The molecule has 2 N–H and O–H groups in total. The summed E-state index contributed by atoms with van der Waals surface area (Å²) in [6.45, 7) is 2.81. The Balaban J connectivity index is 3.18. The Morgan fingerprint density at radius 2 is 1.62 bits per heavy atom. The van der Waals surface area contributed by atoms with E-state index in [-0.39, 0.29) is 0 Å². The first kappa shape index (κ1) is 12.7. The number of benzene rings is 1. The summed E-state index contributed by atoms with van der Waals surface area (Å²) in [6, 6.07) is 6.21. The summed E-state index contributed by atoms with van der Waals surface area (Å²) < 4.78 is 21.6. The van der Waals surface area contributed by atoms with E-state index in [1.807, 2.05) is 0 Å². The lowest BCUT2D eigenvalue weighted by molar-refractivity contribution is 0.0954. The van der Waals surface area contributed by atoms with Crippen LogP contribution in [0.25, 0.3) is 0 Å². The molecule has 0 heterocycles. The van der Waals surface area contributed by atoms with Gasteiger partial charge in [-0.1, -0.05) is 0 Å². The molecule has 16 heavy (non-hydrogen) atoms. The summed E-state index contributed by atoms with van der Waals surface area (Å²) in [5.74, 6) is -0.421. The monoisotopic (exact) mass is 241 g/mol. The lowest BCUT2D eigenvalue weighted by Crippen LogP contribution is -2.39. The smallest absolute Gasteiger partial charge is 0.183 e.